The fourth-order valence-corrected chi connectivity index (χ4v) is 2.42. The van der Waals surface area contributed by atoms with Gasteiger partial charge in [-0.25, -0.2) is 4.98 Å². The van der Waals surface area contributed by atoms with Crippen LogP contribution in [-0.2, 0) is 5.88 Å². The van der Waals surface area contributed by atoms with Gasteiger partial charge in [0.25, 0.3) is 0 Å². The summed E-state index contributed by atoms with van der Waals surface area (Å²) in [5.74, 6) is 1.84. The van der Waals surface area contributed by atoms with Crippen molar-refractivity contribution < 1.29 is 4.74 Å². The summed E-state index contributed by atoms with van der Waals surface area (Å²) in [5.41, 5.74) is 5.32. The van der Waals surface area contributed by atoms with Crippen molar-refractivity contribution in [2.24, 2.45) is 0 Å². The lowest BCUT2D eigenvalue weighted by Gasteiger charge is -2.13. The van der Waals surface area contributed by atoms with Gasteiger partial charge in [-0.3, -0.25) is 0 Å². The summed E-state index contributed by atoms with van der Waals surface area (Å²) in [4.78, 5) is 4.46. The van der Waals surface area contributed by atoms with Gasteiger partial charge in [0.05, 0.1) is 5.88 Å². The van der Waals surface area contributed by atoms with Crippen LogP contribution >= 0.6 is 11.6 Å². The SMILES string of the molecule is Cc1ccc(Oc2nc(C)cc(C)c2CCl)c(C)c1. The number of pyridine rings is 1. The summed E-state index contributed by atoms with van der Waals surface area (Å²) in [6.07, 6.45) is 0. The van der Waals surface area contributed by atoms with Gasteiger partial charge >= 0.3 is 0 Å². The Labute approximate surface area is 119 Å². The maximum absolute atomic E-state index is 6.00. The molecule has 0 atom stereocenters. The highest BCUT2D eigenvalue weighted by atomic mass is 35.5. The minimum atomic E-state index is 0.402. The van der Waals surface area contributed by atoms with Crippen LogP contribution in [0.4, 0.5) is 0 Å². The highest BCUT2D eigenvalue weighted by Crippen LogP contribution is 2.29. The molecule has 2 aromatic rings. The van der Waals surface area contributed by atoms with Crippen molar-refractivity contribution in [2.75, 3.05) is 0 Å². The zero-order valence-electron chi connectivity index (χ0n) is 11.7. The average Bonchev–Trinajstić information content (AvgIpc) is 2.32. The van der Waals surface area contributed by atoms with Gasteiger partial charge in [-0.1, -0.05) is 17.7 Å². The van der Waals surface area contributed by atoms with E-state index in [0.717, 1.165) is 28.1 Å². The summed E-state index contributed by atoms with van der Waals surface area (Å²) >= 11 is 6.00. The molecule has 0 bridgehead atoms. The molecule has 0 amide bonds. The van der Waals surface area contributed by atoms with E-state index >= 15 is 0 Å². The second-order valence-corrected chi connectivity index (χ2v) is 5.14. The second kappa shape index (κ2) is 5.62. The third kappa shape index (κ3) is 3.07. The van der Waals surface area contributed by atoms with Gasteiger partial charge in [-0.05, 0) is 51.0 Å². The summed E-state index contributed by atoms with van der Waals surface area (Å²) in [5, 5.41) is 0. The Bertz CT molecular complexity index is 608. The number of aryl methyl sites for hydroxylation is 4. The molecule has 2 nitrogen and oxygen atoms in total. The lowest BCUT2D eigenvalue weighted by molar-refractivity contribution is 0.453. The third-order valence-corrected chi connectivity index (χ3v) is 3.38. The number of benzene rings is 1. The second-order valence-electron chi connectivity index (χ2n) is 4.87. The number of aromatic nitrogens is 1. The first kappa shape index (κ1) is 13.9. The molecule has 0 unspecified atom stereocenters. The lowest BCUT2D eigenvalue weighted by Crippen LogP contribution is -1.99. The number of rotatable bonds is 3. The van der Waals surface area contributed by atoms with Gasteiger partial charge in [0.1, 0.15) is 5.75 Å². The standard InChI is InChI=1S/C16H18ClNO/c1-10-5-6-15(12(3)7-10)19-16-14(9-17)11(2)8-13(4)18-16/h5-8H,9H2,1-4H3. The van der Waals surface area contributed by atoms with Crippen LogP contribution in [0.5, 0.6) is 11.6 Å². The Kier molecular flexibility index (Phi) is 4.11. The number of hydrogen-bond donors (Lipinski definition) is 0. The molecule has 0 saturated heterocycles. The van der Waals surface area contributed by atoms with Gasteiger partial charge in [0.2, 0.25) is 5.88 Å². The molecule has 1 aromatic heterocycles. The van der Waals surface area contributed by atoms with Crippen LogP contribution < -0.4 is 4.74 Å². The first-order valence-electron chi connectivity index (χ1n) is 6.29. The first-order valence-corrected chi connectivity index (χ1v) is 6.83. The largest absolute Gasteiger partial charge is 0.438 e. The molecule has 2 rings (SSSR count). The maximum atomic E-state index is 6.00. The van der Waals surface area contributed by atoms with Gasteiger partial charge in [0, 0.05) is 11.3 Å². The fourth-order valence-electron chi connectivity index (χ4n) is 2.09. The Morgan fingerprint density at radius 2 is 1.79 bits per heavy atom. The number of halogens is 1. The highest BCUT2D eigenvalue weighted by Gasteiger charge is 2.11. The molecule has 0 spiro atoms. The van der Waals surface area contributed by atoms with Gasteiger partial charge in [0.15, 0.2) is 0 Å². The van der Waals surface area contributed by atoms with Crippen LogP contribution in [0.1, 0.15) is 27.9 Å². The number of nitrogens with zero attached hydrogens (tertiary/aromatic N) is 1. The van der Waals surface area contributed by atoms with Crippen molar-refractivity contribution in [2.45, 2.75) is 33.6 Å². The predicted octanol–water partition coefficient (Wildman–Crippen LogP) is 4.85. The monoisotopic (exact) mass is 275 g/mol. The topological polar surface area (TPSA) is 22.1 Å². The summed E-state index contributed by atoms with van der Waals surface area (Å²) in [7, 11) is 0. The lowest BCUT2D eigenvalue weighted by atomic mass is 10.1. The van der Waals surface area contributed by atoms with E-state index in [4.69, 9.17) is 16.3 Å². The number of alkyl halides is 1. The van der Waals surface area contributed by atoms with Crippen LogP contribution in [0.25, 0.3) is 0 Å². The summed E-state index contributed by atoms with van der Waals surface area (Å²) in [6.45, 7) is 8.09. The van der Waals surface area contributed by atoms with E-state index in [9.17, 15) is 0 Å². The molecule has 19 heavy (non-hydrogen) atoms. The summed E-state index contributed by atoms with van der Waals surface area (Å²) < 4.78 is 5.95. The van der Waals surface area contributed by atoms with Crippen LogP contribution in [0.2, 0.25) is 0 Å². The van der Waals surface area contributed by atoms with Gasteiger partial charge in [-0.2, -0.15) is 0 Å². The van der Waals surface area contributed by atoms with Crippen molar-refractivity contribution in [3.63, 3.8) is 0 Å². The fraction of sp³-hybridized carbons (Fsp3) is 0.312. The van der Waals surface area contributed by atoms with Gasteiger partial charge < -0.3 is 4.74 Å². The molecule has 1 aromatic carbocycles. The Morgan fingerprint density at radius 3 is 2.42 bits per heavy atom. The predicted molar refractivity (Wildman–Crippen MR) is 79.3 cm³/mol. The van der Waals surface area contributed by atoms with E-state index < -0.39 is 0 Å². The first-order chi connectivity index (χ1) is 9.01. The van der Waals surface area contributed by atoms with Crippen LogP contribution in [0, 0.1) is 27.7 Å². The van der Waals surface area contributed by atoms with Crippen molar-refractivity contribution in [3.05, 3.63) is 52.2 Å². The zero-order valence-corrected chi connectivity index (χ0v) is 12.5. The molecule has 0 fully saturated rings. The molecule has 0 N–H and O–H groups in total. The van der Waals surface area contributed by atoms with Crippen LogP contribution in [0.3, 0.4) is 0 Å². The molecule has 3 heteroatoms. The van der Waals surface area contributed by atoms with E-state index in [-0.39, 0.29) is 0 Å². The highest BCUT2D eigenvalue weighted by molar-refractivity contribution is 6.17. The molecular weight excluding hydrogens is 258 g/mol. The number of ether oxygens (including phenoxy) is 1. The van der Waals surface area contributed by atoms with E-state index in [1.807, 2.05) is 39.0 Å². The smallest absolute Gasteiger partial charge is 0.224 e. The molecular formula is C16H18ClNO. The Balaban J connectivity index is 2.42. The number of hydrogen-bond acceptors (Lipinski definition) is 2. The van der Waals surface area contributed by atoms with E-state index in [2.05, 4.69) is 18.0 Å². The van der Waals surface area contributed by atoms with Crippen molar-refractivity contribution in [1.82, 2.24) is 4.98 Å². The average molecular weight is 276 g/mol. The molecule has 0 radical (unpaired) electrons. The van der Waals surface area contributed by atoms with Gasteiger partial charge in [-0.15, -0.1) is 11.6 Å². The van der Waals surface area contributed by atoms with E-state index in [1.54, 1.807) is 0 Å². The molecule has 100 valence electrons. The van der Waals surface area contributed by atoms with E-state index in [1.165, 1.54) is 5.56 Å². The molecule has 0 aliphatic heterocycles. The Hall–Kier alpha value is -1.54. The van der Waals surface area contributed by atoms with Crippen LogP contribution in [0.15, 0.2) is 24.3 Å². The van der Waals surface area contributed by atoms with E-state index in [0.29, 0.717) is 11.8 Å². The molecule has 1 heterocycles. The molecule has 0 aliphatic carbocycles. The molecule has 0 aliphatic rings. The molecule has 0 saturated carbocycles. The minimum absolute atomic E-state index is 0.402. The normalized spacial score (nSPS) is 10.6. The van der Waals surface area contributed by atoms with Crippen molar-refractivity contribution in [1.29, 1.82) is 0 Å². The van der Waals surface area contributed by atoms with Crippen LogP contribution in [-0.4, -0.2) is 4.98 Å². The van der Waals surface area contributed by atoms with Crippen molar-refractivity contribution in [3.8, 4) is 11.6 Å². The zero-order chi connectivity index (χ0) is 14.0. The Morgan fingerprint density at radius 1 is 1.05 bits per heavy atom. The van der Waals surface area contributed by atoms with Crippen molar-refractivity contribution >= 4 is 11.6 Å². The maximum Gasteiger partial charge on any atom is 0.224 e. The quantitative estimate of drug-likeness (QED) is 0.747. The summed E-state index contributed by atoms with van der Waals surface area (Å²) in [6, 6.07) is 8.12. The third-order valence-electron chi connectivity index (χ3n) is 3.11. The minimum Gasteiger partial charge on any atom is -0.438 e.